The first-order valence-corrected chi connectivity index (χ1v) is 11.4. The van der Waals surface area contributed by atoms with E-state index >= 15 is 0 Å². The maximum absolute atomic E-state index is 12.6. The quantitative estimate of drug-likeness (QED) is 0.652. The molecule has 0 bridgehead atoms. The van der Waals surface area contributed by atoms with Crippen LogP contribution >= 0.6 is 23.2 Å². The molecular weight excluding hydrogens is 439 g/mol. The van der Waals surface area contributed by atoms with E-state index in [1.54, 1.807) is 29.2 Å². The van der Waals surface area contributed by atoms with Crippen LogP contribution in [0.1, 0.15) is 24.8 Å². The third-order valence-corrected chi connectivity index (χ3v) is 6.31. The van der Waals surface area contributed by atoms with Crippen molar-refractivity contribution in [2.75, 3.05) is 52.4 Å². The molecule has 2 heterocycles. The van der Waals surface area contributed by atoms with Crippen molar-refractivity contribution < 1.29 is 14.4 Å². The molecule has 3 rings (SSSR count). The lowest BCUT2D eigenvalue weighted by Gasteiger charge is -2.24. The van der Waals surface area contributed by atoms with Crippen LogP contribution < -0.4 is 5.32 Å². The molecule has 2 fully saturated rings. The monoisotopic (exact) mass is 466 g/mol. The molecule has 0 spiro atoms. The topological polar surface area (TPSA) is 73.0 Å². The predicted molar refractivity (Wildman–Crippen MR) is 122 cm³/mol. The second kappa shape index (κ2) is 11.5. The van der Waals surface area contributed by atoms with Gasteiger partial charge in [0.25, 0.3) is 0 Å². The molecular formula is C22H28Cl2N4O3. The lowest BCUT2D eigenvalue weighted by atomic mass is 10.2. The van der Waals surface area contributed by atoms with E-state index in [2.05, 4.69) is 10.2 Å². The van der Waals surface area contributed by atoms with Crippen LogP contribution in [0.3, 0.4) is 0 Å². The largest absolute Gasteiger partial charge is 0.355 e. The highest BCUT2D eigenvalue weighted by Gasteiger charge is 2.23. The number of hydrogen-bond acceptors (Lipinski definition) is 4. The summed E-state index contributed by atoms with van der Waals surface area (Å²) < 4.78 is 0. The van der Waals surface area contributed by atoms with E-state index in [9.17, 15) is 14.4 Å². The fourth-order valence-corrected chi connectivity index (χ4v) is 4.04. The molecule has 0 radical (unpaired) electrons. The number of halogens is 2. The van der Waals surface area contributed by atoms with Crippen molar-refractivity contribution >= 4 is 47.0 Å². The summed E-state index contributed by atoms with van der Waals surface area (Å²) in [4.78, 5) is 42.3. The maximum Gasteiger partial charge on any atom is 0.246 e. The highest BCUT2D eigenvalue weighted by Crippen LogP contribution is 2.23. The number of nitrogens with one attached hydrogen (secondary N) is 1. The van der Waals surface area contributed by atoms with E-state index in [0.29, 0.717) is 55.6 Å². The lowest BCUT2D eigenvalue weighted by molar-refractivity contribution is -0.130. The Hall–Kier alpha value is -2.09. The third kappa shape index (κ3) is 7.23. The van der Waals surface area contributed by atoms with Gasteiger partial charge in [-0.3, -0.25) is 14.4 Å². The molecule has 1 N–H and O–H groups in total. The van der Waals surface area contributed by atoms with Gasteiger partial charge in [-0.05, 0) is 36.7 Å². The van der Waals surface area contributed by atoms with Gasteiger partial charge in [0.15, 0.2) is 0 Å². The molecule has 2 aliphatic heterocycles. The Kier molecular flexibility index (Phi) is 8.75. The van der Waals surface area contributed by atoms with Gasteiger partial charge in [0.05, 0.1) is 10.0 Å². The fourth-order valence-electron chi connectivity index (χ4n) is 3.73. The Balaban J connectivity index is 1.46. The van der Waals surface area contributed by atoms with Crippen LogP contribution in [0.4, 0.5) is 0 Å². The highest BCUT2D eigenvalue weighted by atomic mass is 35.5. The molecule has 0 atom stereocenters. The Labute approximate surface area is 192 Å². The third-order valence-electron chi connectivity index (χ3n) is 5.57. The fraction of sp³-hybridized carbons (Fsp3) is 0.500. The molecule has 2 aliphatic rings. The molecule has 0 unspecified atom stereocenters. The number of nitrogens with zero attached hydrogens (tertiary/aromatic N) is 3. The first-order chi connectivity index (χ1) is 14.9. The molecule has 0 aromatic heterocycles. The van der Waals surface area contributed by atoms with Gasteiger partial charge in [0, 0.05) is 64.7 Å². The van der Waals surface area contributed by atoms with Gasteiger partial charge >= 0.3 is 0 Å². The standard InChI is InChI=1S/C22H28Cl2N4O3/c23-18-4-2-17(16-19(18)24)3-5-21(30)28-12-7-22(31)27(14-15-28)10-1-9-26-11-6-20(29)25-8-13-26/h2-5,16H,1,6-15H2,(H,25,29). The van der Waals surface area contributed by atoms with Crippen molar-refractivity contribution in [3.63, 3.8) is 0 Å². The van der Waals surface area contributed by atoms with E-state index in [0.717, 1.165) is 31.6 Å². The van der Waals surface area contributed by atoms with Gasteiger partial charge in [0.2, 0.25) is 17.7 Å². The molecule has 168 valence electrons. The highest BCUT2D eigenvalue weighted by molar-refractivity contribution is 6.42. The van der Waals surface area contributed by atoms with Crippen LogP contribution in [-0.4, -0.2) is 84.8 Å². The predicted octanol–water partition coefficient (Wildman–Crippen LogP) is 2.28. The second-order valence-electron chi connectivity index (χ2n) is 7.76. The van der Waals surface area contributed by atoms with Crippen LogP contribution in [0.15, 0.2) is 24.3 Å². The Bertz CT molecular complexity index is 846. The number of rotatable bonds is 6. The molecule has 1 aromatic rings. The lowest BCUT2D eigenvalue weighted by Crippen LogP contribution is -2.37. The van der Waals surface area contributed by atoms with Crippen molar-refractivity contribution in [1.29, 1.82) is 0 Å². The minimum absolute atomic E-state index is 0.0801. The number of benzene rings is 1. The van der Waals surface area contributed by atoms with Crippen molar-refractivity contribution in [2.24, 2.45) is 0 Å². The molecule has 1 aromatic carbocycles. The van der Waals surface area contributed by atoms with Gasteiger partial charge in [-0.1, -0.05) is 29.3 Å². The van der Waals surface area contributed by atoms with E-state index in [-0.39, 0.29) is 17.7 Å². The average molecular weight is 467 g/mol. The summed E-state index contributed by atoms with van der Waals surface area (Å²) in [5.74, 6) is 0.0575. The zero-order valence-corrected chi connectivity index (χ0v) is 19.0. The SMILES string of the molecule is O=C1CCN(CCCN2CCN(C(=O)C=Cc3ccc(Cl)c(Cl)c3)CCC2=O)CCN1. The second-order valence-corrected chi connectivity index (χ2v) is 8.57. The number of amides is 3. The summed E-state index contributed by atoms with van der Waals surface area (Å²) in [7, 11) is 0. The summed E-state index contributed by atoms with van der Waals surface area (Å²) >= 11 is 11.9. The van der Waals surface area contributed by atoms with Crippen molar-refractivity contribution in [3.8, 4) is 0 Å². The molecule has 7 nitrogen and oxygen atoms in total. The Morgan fingerprint density at radius 3 is 2.65 bits per heavy atom. The number of carbonyl (C=O) groups excluding carboxylic acids is 3. The van der Waals surface area contributed by atoms with Crippen molar-refractivity contribution in [2.45, 2.75) is 19.3 Å². The van der Waals surface area contributed by atoms with E-state index in [4.69, 9.17) is 23.2 Å². The molecule has 0 aliphatic carbocycles. The summed E-state index contributed by atoms with van der Waals surface area (Å²) in [5.41, 5.74) is 0.792. The van der Waals surface area contributed by atoms with E-state index in [1.807, 2.05) is 4.90 Å². The molecule has 3 amide bonds. The minimum atomic E-state index is -0.123. The molecule has 31 heavy (non-hydrogen) atoms. The van der Waals surface area contributed by atoms with Crippen LogP contribution in [-0.2, 0) is 14.4 Å². The van der Waals surface area contributed by atoms with Gasteiger partial charge in [-0.15, -0.1) is 0 Å². The zero-order chi connectivity index (χ0) is 22.2. The summed E-state index contributed by atoms with van der Waals surface area (Å²) in [5, 5.41) is 3.78. The van der Waals surface area contributed by atoms with Gasteiger partial charge in [-0.2, -0.15) is 0 Å². The van der Waals surface area contributed by atoms with E-state index < -0.39 is 0 Å². The zero-order valence-electron chi connectivity index (χ0n) is 17.5. The minimum Gasteiger partial charge on any atom is -0.355 e. The number of hydrogen-bond donors (Lipinski definition) is 1. The molecule has 0 saturated carbocycles. The Morgan fingerprint density at radius 1 is 1.00 bits per heavy atom. The normalized spacial score (nSPS) is 18.8. The maximum atomic E-state index is 12.6. The van der Waals surface area contributed by atoms with Crippen LogP contribution in [0.5, 0.6) is 0 Å². The van der Waals surface area contributed by atoms with Crippen molar-refractivity contribution in [1.82, 2.24) is 20.0 Å². The summed E-state index contributed by atoms with van der Waals surface area (Å²) in [6.07, 6.45) is 4.92. The van der Waals surface area contributed by atoms with Gasteiger partial charge < -0.3 is 20.0 Å². The smallest absolute Gasteiger partial charge is 0.246 e. The van der Waals surface area contributed by atoms with Crippen LogP contribution in [0.25, 0.3) is 6.08 Å². The van der Waals surface area contributed by atoms with Crippen LogP contribution in [0, 0.1) is 0 Å². The Morgan fingerprint density at radius 2 is 1.84 bits per heavy atom. The first-order valence-electron chi connectivity index (χ1n) is 10.6. The average Bonchev–Trinajstić information content (AvgIpc) is 3.07. The van der Waals surface area contributed by atoms with Gasteiger partial charge in [0.1, 0.15) is 0 Å². The molecule has 9 heteroatoms. The van der Waals surface area contributed by atoms with E-state index in [1.165, 1.54) is 6.08 Å². The van der Waals surface area contributed by atoms with Gasteiger partial charge in [-0.25, -0.2) is 0 Å². The van der Waals surface area contributed by atoms with Crippen molar-refractivity contribution in [3.05, 3.63) is 39.9 Å². The summed E-state index contributed by atoms with van der Waals surface area (Å²) in [6.45, 7) is 5.25. The summed E-state index contributed by atoms with van der Waals surface area (Å²) in [6, 6.07) is 5.19. The molecule has 2 saturated heterocycles. The van der Waals surface area contributed by atoms with Crippen LogP contribution in [0.2, 0.25) is 10.0 Å². The first kappa shape index (κ1) is 23.6. The number of carbonyl (C=O) groups is 3.